The van der Waals surface area contributed by atoms with E-state index in [-0.39, 0.29) is 10.9 Å². The molecule has 0 bridgehead atoms. The van der Waals surface area contributed by atoms with Crippen LogP contribution in [0.4, 0.5) is 11.4 Å². The van der Waals surface area contributed by atoms with Gasteiger partial charge in [-0.1, -0.05) is 0 Å². The minimum Gasteiger partial charge on any atom is -0.733 e. The van der Waals surface area contributed by atoms with E-state index in [4.69, 9.17) is 9.94 Å². The average molecular weight is 299 g/mol. The van der Waals surface area contributed by atoms with Crippen molar-refractivity contribution in [3.8, 4) is 0 Å². The molecule has 0 saturated carbocycles. The van der Waals surface area contributed by atoms with Crippen molar-refractivity contribution < 1.29 is 25.3 Å². The second-order valence-electron chi connectivity index (χ2n) is 5.15. The van der Waals surface area contributed by atoms with Gasteiger partial charge in [-0.3, -0.25) is 5.21 Å². The molecule has 1 aliphatic rings. The summed E-state index contributed by atoms with van der Waals surface area (Å²) in [5.74, 6) is 0. The molecule has 1 fully saturated rings. The van der Waals surface area contributed by atoms with Crippen molar-refractivity contribution in [3.05, 3.63) is 29.0 Å². The molecule has 0 unspecified atom stereocenters. The van der Waals surface area contributed by atoms with Crippen LogP contribution >= 0.6 is 0 Å². The van der Waals surface area contributed by atoms with E-state index in [1.54, 1.807) is 19.9 Å². The zero-order valence-electron chi connectivity index (χ0n) is 11.7. The van der Waals surface area contributed by atoms with Crippen LogP contribution in [0.25, 0.3) is 0 Å². The summed E-state index contributed by atoms with van der Waals surface area (Å²) in [4.78, 5) is 0. The Bertz CT molecular complexity index is 498. The molecule has 1 heterocycles. The molecule has 2 rings (SSSR count). The smallest absolute Gasteiger partial charge is 0.157 e. The van der Waals surface area contributed by atoms with Gasteiger partial charge in [0.15, 0.2) is 6.23 Å². The Morgan fingerprint density at radius 3 is 2.43 bits per heavy atom. The fourth-order valence-corrected chi connectivity index (χ4v) is 2.25. The van der Waals surface area contributed by atoms with Crippen molar-refractivity contribution in [2.75, 3.05) is 10.5 Å². The Hall–Kier alpha value is -1.42. The number of aliphatic hydroxyl groups is 3. The number of ether oxygens (including phenoxy) is 1. The molecule has 0 spiro atoms. The van der Waals surface area contributed by atoms with Crippen LogP contribution in [-0.4, -0.2) is 51.2 Å². The maximum absolute atomic E-state index is 10.8. The Labute approximate surface area is 121 Å². The van der Waals surface area contributed by atoms with E-state index in [2.05, 4.69) is 5.32 Å². The van der Waals surface area contributed by atoms with Crippen molar-refractivity contribution >= 4 is 11.4 Å². The van der Waals surface area contributed by atoms with E-state index < -0.39 is 30.6 Å². The molecule has 8 nitrogen and oxygen atoms in total. The first-order valence-corrected chi connectivity index (χ1v) is 6.54. The van der Waals surface area contributed by atoms with Crippen LogP contribution in [0.2, 0.25) is 0 Å². The number of nitrogens with one attached hydrogen (secondary N) is 1. The molecule has 0 amide bonds. The Morgan fingerprint density at radius 1 is 1.19 bits per heavy atom. The van der Waals surface area contributed by atoms with E-state index >= 15 is 0 Å². The largest absolute Gasteiger partial charge is 0.733 e. The lowest BCUT2D eigenvalue weighted by Gasteiger charge is -2.40. The molecular formula is C13H19N2O6-. The number of rotatable bonds is 3. The van der Waals surface area contributed by atoms with Gasteiger partial charge in [0.05, 0.1) is 11.8 Å². The van der Waals surface area contributed by atoms with Gasteiger partial charge >= 0.3 is 0 Å². The molecule has 0 aromatic heterocycles. The summed E-state index contributed by atoms with van der Waals surface area (Å²) in [6.07, 6.45) is -5.33. The zero-order valence-corrected chi connectivity index (χ0v) is 11.7. The van der Waals surface area contributed by atoms with Crippen molar-refractivity contribution in [1.82, 2.24) is 0 Å². The molecule has 1 saturated heterocycles. The van der Waals surface area contributed by atoms with Gasteiger partial charge in [-0.25, -0.2) is 0 Å². The van der Waals surface area contributed by atoms with Gasteiger partial charge in [0.25, 0.3) is 0 Å². The van der Waals surface area contributed by atoms with Gasteiger partial charge in [-0.05, 0) is 37.6 Å². The third-order valence-corrected chi connectivity index (χ3v) is 3.58. The molecule has 21 heavy (non-hydrogen) atoms. The van der Waals surface area contributed by atoms with Crippen molar-refractivity contribution in [3.63, 3.8) is 0 Å². The summed E-state index contributed by atoms with van der Waals surface area (Å²) in [5.41, 5.74) is 1.29. The predicted molar refractivity (Wildman–Crippen MR) is 74.8 cm³/mol. The van der Waals surface area contributed by atoms with Crippen LogP contribution in [0.1, 0.15) is 12.5 Å². The van der Waals surface area contributed by atoms with Crippen LogP contribution in [-0.2, 0) is 4.74 Å². The highest BCUT2D eigenvalue weighted by Crippen LogP contribution is 2.26. The van der Waals surface area contributed by atoms with Gasteiger partial charge in [-0.2, -0.15) is 0 Å². The quantitative estimate of drug-likeness (QED) is 0.491. The molecule has 0 aliphatic carbocycles. The van der Waals surface area contributed by atoms with Crippen LogP contribution in [0.15, 0.2) is 18.2 Å². The van der Waals surface area contributed by atoms with E-state index in [9.17, 15) is 20.5 Å². The Balaban J connectivity index is 2.14. The maximum Gasteiger partial charge on any atom is 0.157 e. The SMILES string of the molecule is Cc1cc(N([O-])O)ccc1N[C@H]1O[C@@H](C)[C@H](O)[C@@H](O)[C@H]1O. The highest BCUT2D eigenvalue weighted by atomic mass is 16.8. The summed E-state index contributed by atoms with van der Waals surface area (Å²) in [5, 5.41) is 51.6. The zero-order chi connectivity index (χ0) is 15.7. The van der Waals surface area contributed by atoms with E-state index in [0.717, 1.165) is 0 Å². The second-order valence-corrected chi connectivity index (χ2v) is 5.15. The first-order chi connectivity index (χ1) is 9.81. The topological polar surface area (TPSA) is 128 Å². The van der Waals surface area contributed by atoms with Crippen molar-refractivity contribution in [1.29, 1.82) is 0 Å². The standard InChI is InChI=1S/C13H19N2O6/c1-6-5-8(15(19)20)3-4-9(6)14-13-12(18)11(17)10(16)7(2)21-13/h3-5,7,10-14,16-19H,1-2H3/q-1/t7-,10-,11+,12+,13-/m0/s1. The van der Waals surface area contributed by atoms with E-state index in [1.807, 2.05) is 0 Å². The molecule has 5 N–H and O–H groups in total. The highest BCUT2D eigenvalue weighted by molar-refractivity contribution is 5.59. The van der Waals surface area contributed by atoms with Gasteiger partial charge < -0.3 is 35.8 Å². The number of nitrogens with zero attached hydrogens (tertiary/aromatic N) is 1. The van der Waals surface area contributed by atoms with Crippen LogP contribution in [0.3, 0.4) is 0 Å². The maximum atomic E-state index is 10.8. The number of hydrogen-bond acceptors (Lipinski definition) is 8. The van der Waals surface area contributed by atoms with Gasteiger partial charge in [-0.15, -0.1) is 0 Å². The average Bonchev–Trinajstić information content (AvgIpc) is 2.44. The fourth-order valence-electron chi connectivity index (χ4n) is 2.25. The number of aryl methyl sites for hydroxylation is 1. The lowest BCUT2D eigenvalue weighted by Crippen LogP contribution is -2.58. The lowest BCUT2D eigenvalue weighted by atomic mass is 9.99. The summed E-state index contributed by atoms with van der Waals surface area (Å²) >= 11 is 0. The van der Waals surface area contributed by atoms with Gasteiger partial charge in [0, 0.05) is 5.69 Å². The van der Waals surface area contributed by atoms with E-state index in [0.29, 0.717) is 11.3 Å². The third kappa shape index (κ3) is 3.26. The molecule has 1 aromatic rings. The van der Waals surface area contributed by atoms with Crippen molar-refractivity contribution in [2.24, 2.45) is 0 Å². The second kappa shape index (κ2) is 6.14. The molecule has 1 aliphatic heterocycles. The normalized spacial score (nSPS) is 32.8. The number of hydrogen-bond donors (Lipinski definition) is 5. The number of anilines is 2. The number of benzene rings is 1. The Kier molecular flexibility index (Phi) is 4.67. The number of aliphatic hydroxyl groups excluding tert-OH is 3. The van der Waals surface area contributed by atoms with Gasteiger partial charge in [0.2, 0.25) is 0 Å². The predicted octanol–water partition coefficient (Wildman–Crippen LogP) is -0.0722. The summed E-state index contributed by atoms with van der Waals surface area (Å²) in [7, 11) is 0. The third-order valence-electron chi connectivity index (χ3n) is 3.58. The molecule has 0 radical (unpaired) electrons. The van der Waals surface area contributed by atoms with Gasteiger partial charge in [0.1, 0.15) is 18.3 Å². The Morgan fingerprint density at radius 2 is 1.86 bits per heavy atom. The summed E-state index contributed by atoms with van der Waals surface area (Å²) < 4.78 is 5.43. The molecule has 8 heteroatoms. The molecule has 1 aromatic carbocycles. The molecule has 118 valence electrons. The summed E-state index contributed by atoms with van der Waals surface area (Å²) in [6.45, 7) is 3.30. The van der Waals surface area contributed by atoms with Crippen LogP contribution in [0.5, 0.6) is 0 Å². The highest BCUT2D eigenvalue weighted by Gasteiger charge is 2.41. The van der Waals surface area contributed by atoms with Crippen LogP contribution < -0.4 is 10.5 Å². The monoisotopic (exact) mass is 299 g/mol. The summed E-state index contributed by atoms with van der Waals surface area (Å²) in [6, 6.07) is 4.40. The van der Waals surface area contributed by atoms with E-state index in [1.165, 1.54) is 12.1 Å². The minimum absolute atomic E-state index is 0.0759. The van der Waals surface area contributed by atoms with Crippen molar-refractivity contribution in [2.45, 2.75) is 44.5 Å². The van der Waals surface area contributed by atoms with Crippen LogP contribution in [0, 0.1) is 12.1 Å². The molecular weight excluding hydrogens is 280 g/mol. The first kappa shape index (κ1) is 16.0. The lowest BCUT2D eigenvalue weighted by molar-refractivity contribution is -0.209. The fraction of sp³-hybridized carbons (Fsp3) is 0.538. The minimum atomic E-state index is -1.32. The first-order valence-electron chi connectivity index (χ1n) is 6.54. The molecule has 5 atom stereocenters.